The van der Waals surface area contributed by atoms with Crippen LogP contribution in [0.3, 0.4) is 0 Å². The van der Waals surface area contributed by atoms with Crippen LogP contribution < -0.4 is 10.6 Å². The van der Waals surface area contributed by atoms with Gasteiger partial charge in [0, 0.05) is 19.1 Å². The van der Waals surface area contributed by atoms with Crippen LogP contribution >= 0.6 is 0 Å². The number of urea groups is 1. The molecule has 1 atom stereocenters. The lowest BCUT2D eigenvalue weighted by atomic mass is 10.1. The average Bonchev–Trinajstić information content (AvgIpc) is 2.88. The van der Waals surface area contributed by atoms with Crippen LogP contribution in [-0.2, 0) is 21.2 Å². The minimum atomic E-state index is -3.05. The predicted octanol–water partition coefficient (Wildman–Crippen LogP) is 0.521. The van der Waals surface area contributed by atoms with Crippen molar-refractivity contribution in [3.05, 3.63) is 35.9 Å². The third-order valence-corrected chi connectivity index (χ3v) is 5.64. The molecule has 0 unspecified atom stereocenters. The number of carbonyl (C=O) groups excluding carboxylic acids is 2. The standard InChI is InChI=1S/C16H23N3O4S/c1-2-17-16(21)18-15(20)11-19(10-13-6-4-3-5-7-13)14-8-9-24(22,23)12-14/h3-7,14H,2,8-12H2,1H3,(H2,17,18,20,21)/t14-/m0/s1. The summed E-state index contributed by atoms with van der Waals surface area (Å²) in [5.74, 6) is -0.254. The van der Waals surface area contributed by atoms with Gasteiger partial charge in [0.15, 0.2) is 9.84 Å². The lowest BCUT2D eigenvalue weighted by Crippen LogP contribution is -2.47. The maximum Gasteiger partial charge on any atom is 0.321 e. The van der Waals surface area contributed by atoms with Gasteiger partial charge in [-0.2, -0.15) is 0 Å². The lowest BCUT2D eigenvalue weighted by Gasteiger charge is -2.27. The second-order valence-electron chi connectivity index (χ2n) is 5.86. The molecular weight excluding hydrogens is 330 g/mol. The molecule has 1 aromatic rings. The first-order valence-electron chi connectivity index (χ1n) is 7.95. The molecular formula is C16H23N3O4S. The Bertz CT molecular complexity index is 676. The summed E-state index contributed by atoms with van der Waals surface area (Å²) in [4.78, 5) is 25.4. The Hall–Kier alpha value is -1.93. The quantitative estimate of drug-likeness (QED) is 0.777. The second kappa shape index (κ2) is 8.25. The van der Waals surface area contributed by atoms with Crippen molar-refractivity contribution in [1.29, 1.82) is 0 Å². The number of amides is 3. The third-order valence-electron chi connectivity index (χ3n) is 3.89. The SMILES string of the molecule is CCNC(=O)NC(=O)CN(Cc1ccccc1)[C@H]1CCS(=O)(=O)C1. The number of hydrogen-bond acceptors (Lipinski definition) is 5. The maximum absolute atomic E-state index is 12.1. The molecule has 0 bridgehead atoms. The van der Waals surface area contributed by atoms with Crippen LogP contribution in [0.5, 0.6) is 0 Å². The first-order valence-corrected chi connectivity index (χ1v) is 9.78. The fourth-order valence-electron chi connectivity index (χ4n) is 2.75. The van der Waals surface area contributed by atoms with E-state index in [1.54, 1.807) is 6.92 Å². The van der Waals surface area contributed by atoms with E-state index in [9.17, 15) is 18.0 Å². The molecule has 0 saturated carbocycles. The van der Waals surface area contributed by atoms with Gasteiger partial charge in [0.25, 0.3) is 0 Å². The highest BCUT2D eigenvalue weighted by atomic mass is 32.2. The lowest BCUT2D eigenvalue weighted by molar-refractivity contribution is -0.121. The Morgan fingerprint density at radius 1 is 1.25 bits per heavy atom. The number of nitrogens with one attached hydrogen (secondary N) is 2. The monoisotopic (exact) mass is 353 g/mol. The van der Waals surface area contributed by atoms with Gasteiger partial charge in [-0.05, 0) is 18.9 Å². The number of nitrogens with zero attached hydrogens (tertiary/aromatic N) is 1. The smallest absolute Gasteiger partial charge is 0.321 e. The zero-order chi connectivity index (χ0) is 17.6. The molecule has 2 N–H and O–H groups in total. The molecule has 1 aliphatic rings. The van der Waals surface area contributed by atoms with Gasteiger partial charge in [0.1, 0.15) is 0 Å². The van der Waals surface area contributed by atoms with Gasteiger partial charge >= 0.3 is 6.03 Å². The van der Waals surface area contributed by atoms with Crippen molar-refractivity contribution in [3.63, 3.8) is 0 Å². The normalized spacial score (nSPS) is 19.2. The fraction of sp³-hybridized carbons (Fsp3) is 0.500. The van der Waals surface area contributed by atoms with Gasteiger partial charge in [-0.1, -0.05) is 30.3 Å². The van der Waals surface area contributed by atoms with Crippen LogP contribution in [0.1, 0.15) is 18.9 Å². The summed E-state index contributed by atoms with van der Waals surface area (Å²) in [6, 6.07) is 8.80. The van der Waals surface area contributed by atoms with E-state index in [0.717, 1.165) is 5.56 Å². The Morgan fingerprint density at radius 3 is 2.54 bits per heavy atom. The summed E-state index contributed by atoms with van der Waals surface area (Å²) < 4.78 is 23.5. The second-order valence-corrected chi connectivity index (χ2v) is 8.08. The van der Waals surface area contributed by atoms with Crippen molar-refractivity contribution in [2.75, 3.05) is 24.6 Å². The molecule has 2 rings (SSSR count). The average molecular weight is 353 g/mol. The van der Waals surface area contributed by atoms with Gasteiger partial charge in [-0.15, -0.1) is 0 Å². The summed E-state index contributed by atoms with van der Waals surface area (Å²) in [5.41, 5.74) is 0.993. The number of benzene rings is 1. The molecule has 8 heteroatoms. The van der Waals surface area contributed by atoms with Gasteiger partial charge in [-0.25, -0.2) is 13.2 Å². The minimum absolute atomic E-state index is 0.0216. The van der Waals surface area contributed by atoms with Crippen LogP contribution in [-0.4, -0.2) is 55.9 Å². The Balaban J connectivity index is 2.05. The molecule has 0 aromatic heterocycles. The molecule has 0 aliphatic carbocycles. The van der Waals surface area contributed by atoms with Crippen molar-refractivity contribution < 1.29 is 18.0 Å². The van der Waals surface area contributed by atoms with Crippen molar-refractivity contribution in [2.45, 2.75) is 25.9 Å². The first kappa shape index (κ1) is 18.4. The van der Waals surface area contributed by atoms with Crippen LogP contribution in [0.15, 0.2) is 30.3 Å². The molecule has 1 aliphatic heterocycles. The molecule has 3 amide bonds. The molecule has 1 saturated heterocycles. The number of rotatable bonds is 6. The highest BCUT2D eigenvalue weighted by Gasteiger charge is 2.33. The van der Waals surface area contributed by atoms with E-state index in [4.69, 9.17) is 0 Å². The third kappa shape index (κ3) is 5.61. The van der Waals surface area contributed by atoms with Crippen LogP contribution in [0, 0.1) is 0 Å². The van der Waals surface area contributed by atoms with E-state index < -0.39 is 21.8 Å². The highest BCUT2D eigenvalue weighted by molar-refractivity contribution is 7.91. The molecule has 132 valence electrons. The van der Waals surface area contributed by atoms with Crippen LogP contribution in [0.4, 0.5) is 4.79 Å². The molecule has 1 fully saturated rings. The number of imide groups is 1. The molecule has 0 spiro atoms. The van der Waals surface area contributed by atoms with E-state index in [1.165, 1.54) is 0 Å². The number of hydrogen-bond donors (Lipinski definition) is 2. The van der Waals surface area contributed by atoms with Gasteiger partial charge in [-0.3, -0.25) is 15.0 Å². The molecule has 24 heavy (non-hydrogen) atoms. The molecule has 0 radical (unpaired) electrons. The molecule has 1 aromatic carbocycles. The summed E-state index contributed by atoms with van der Waals surface area (Å²) in [7, 11) is -3.05. The zero-order valence-electron chi connectivity index (χ0n) is 13.7. The summed E-state index contributed by atoms with van der Waals surface area (Å²) in [6.45, 7) is 2.62. The van der Waals surface area contributed by atoms with E-state index >= 15 is 0 Å². The van der Waals surface area contributed by atoms with Gasteiger partial charge < -0.3 is 5.32 Å². The summed E-state index contributed by atoms with van der Waals surface area (Å²) in [5, 5.41) is 4.76. The van der Waals surface area contributed by atoms with E-state index in [0.29, 0.717) is 19.5 Å². The Kier molecular flexibility index (Phi) is 6.33. The van der Waals surface area contributed by atoms with E-state index in [-0.39, 0.29) is 24.1 Å². The van der Waals surface area contributed by atoms with E-state index in [1.807, 2.05) is 35.2 Å². The molecule has 7 nitrogen and oxygen atoms in total. The van der Waals surface area contributed by atoms with Crippen LogP contribution in [0.2, 0.25) is 0 Å². The van der Waals surface area contributed by atoms with Crippen molar-refractivity contribution in [2.24, 2.45) is 0 Å². The van der Waals surface area contributed by atoms with Crippen molar-refractivity contribution >= 4 is 21.8 Å². The Labute approximate surface area is 142 Å². The predicted molar refractivity (Wildman–Crippen MR) is 91.1 cm³/mol. The zero-order valence-corrected chi connectivity index (χ0v) is 14.5. The first-order chi connectivity index (χ1) is 11.4. The topological polar surface area (TPSA) is 95.6 Å². The number of sulfone groups is 1. The van der Waals surface area contributed by atoms with Crippen molar-refractivity contribution in [1.82, 2.24) is 15.5 Å². The van der Waals surface area contributed by atoms with Gasteiger partial charge in [0.05, 0.1) is 18.1 Å². The molecule has 1 heterocycles. The largest absolute Gasteiger partial charge is 0.338 e. The number of carbonyl (C=O) groups is 2. The van der Waals surface area contributed by atoms with Crippen LogP contribution in [0.25, 0.3) is 0 Å². The van der Waals surface area contributed by atoms with Crippen molar-refractivity contribution in [3.8, 4) is 0 Å². The summed E-state index contributed by atoms with van der Waals surface area (Å²) >= 11 is 0. The minimum Gasteiger partial charge on any atom is -0.338 e. The van der Waals surface area contributed by atoms with E-state index in [2.05, 4.69) is 10.6 Å². The highest BCUT2D eigenvalue weighted by Crippen LogP contribution is 2.19. The summed E-state index contributed by atoms with van der Waals surface area (Å²) in [6.07, 6.45) is 0.504. The Morgan fingerprint density at radius 2 is 1.96 bits per heavy atom. The maximum atomic E-state index is 12.1. The fourth-order valence-corrected chi connectivity index (χ4v) is 4.51. The van der Waals surface area contributed by atoms with Gasteiger partial charge in [0.2, 0.25) is 5.91 Å².